The average Bonchev–Trinajstić information content (AvgIpc) is 2.36. The van der Waals surface area contributed by atoms with Crippen molar-refractivity contribution in [2.45, 2.75) is 58.0 Å². The number of hydrogen-bond acceptors (Lipinski definition) is 2. The Balaban J connectivity index is 2.05. The lowest BCUT2D eigenvalue weighted by Gasteiger charge is -2.52. The standard InChI is InChI=1S/C16H25ClN4/c1-15(2)10-5-11-16(3,4)21(15)20-14(18)19-13-8-6-12(17)7-9-13/h6-9H,5,10-11H2,1-4H3,(H3,18,19,20). The first-order valence-electron chi connectivity index (χ1n) is 7.39. The van der Waals surface area contributed by atoms with Crippen molar-refractivity contribution >= 4 is 23.2 Å². The van der Waals surface area contributed by atoms with Crippen LogP contribution in [0.25, 0.3) is 0 Å². The van der Waals surface area contributed by atoms with Crippen LogP contribution >= 0.6 is 11.6 Å². The molecule has 116 valence electrons. The van der Waals surface area contributed by atoms with Crippen molar-refractivity contribution in [2.75, 3.05) is 5.32 Å². The van der Waals surface area contributed by atoms with Crippen LogP contribution in [-0.2, 0) is 0 Å². The summed E-state index contributed by atoms with van der Waals surface area (Å²) in [5, 5.41) is 14.1. The lowest BCUT2D eigenvalue weighted by atomic mass is 9.82. The largest absolute Gasteiger partial charge is 0.325 e. The number of hydrazine groups is 1. The van der Waals surface area contributed by atoms with Crippen LogP contribution in [0.15, 0.2) is 24.3 Å². The molecule has 1 aliphatic heterocycles. The third-order valence-electron chi connectivity index (χ3n) is 4.12. The molecule has 1 saturated heterocycles. The molecule has 0 aromatic heterocycles. The second kappa shape index (κ2) is 5.85. The van der Waals surface area contributed by atoms with Crippen molar-refractivity contribution in [1.29, 1.82) is 5.41 Å². The topological polar surface area (TPSA) is 51.2 Å². The van der Waals surface area contributed by atoms with Gasteiger partial charge in [-0.3, -0.25) is 10.8 Å². The van der Waals surface area contributed by atoms with Crippen LogP contribution in [0.3, 0.4) is 0 Å². The number of hydrogen-bond donors (Lipinski definition) is 3. The van der Waals surface area contributed by atoms with Gasteiger partial charge in [-0.1, -0.05) is 11.6 Å². The van der Waals surface area contributed by atoms with Crippen LogP contribution in [0, 0.1) is 5.41 Å². The summed E-state index contributed by atoms with van der Waals surface area (Å²) in [6.07, 6.45) is 3.46. The van der Waals surface area contributed by atoms with E-state index < -0.39 is 0 Å². The number of guanidine groups is 1. The van der Waals surface area contributed by atoms with Crippen LogP contribution in [0.1, 0.15) is 47.0 Å². The van der Waals surface area contributed by atoms with Gasteiger partial charge < -0.3 is 5.32 Å². The van der Waals surface area contributed by atoms with Gasteiger partial charge in [-0.2, -0.15) is 0 Å². The van der Waals surface area contributed by atoms with Crippen molar-refractivity contribution in [1.82, 2.24) is 10.4 Å². The monoisotopic (exact) mass is 308 g/mol. The summed E-state index contributed by atoms with van der Waals surface area (Å²) in [6.45, 7) is 8.87. The molecule has 0 unspecified atom stereocenters. The predicted molar refractivity (Wildman–Crippen MR) is 89.8 cm³/mol. The molecule has 1 aromatic rings. The number of anilines is 1. The Kier molecular flexibility index (Phi) is 4.49. The molecule has 0 aliphatic carbocycles. The number of piperidine rings is 1. The summed E-state index contributed by atoms with van der Waals surface area (Å²) in [5.74, 6) is 0.278. The lowest BCUT2D eigenvalue weighted by Crippen LogP contribution is -2.66. The highest BCUT2D eigenvalue weighted by molar-refractivity contribution is 6.30. The maximum atomic E-state index is 8.17. The summed E-state index contributed by atoms with van der Waals surface area (Å²) >= 11 is 5.87. The summed E-state index contributed by atoms with van der Waals surface area (Å²) < 4.78 is 0. The quantitative estimate of drug-likeness (QED) is 0.566. The smallest absolute Gasteiger partial charge is 0.207 e. The van der Waals surface area contributed by atoms with Gasteiger partial charge in [0.2, 0.25) is 5.96 Å². The molecule has 0 radical (unpaired) electrons. The van der Waals surface area contributed by atoms with Gasteiger partial charge in [0.05, 0.1) is 0 Å². The van der Waals surface area contributed by atoms with Gasteiger partial charge in [0.25, 0.3) is 0 Å². The first-order valence-corrected chi connectivity index (χ1v) is 7.77. The SMILES string of the molecule is CC1(C)CCCC(C)(C)N1NC(=N)Nc1ccc(Cl)cc1. The highest BCUT2D eigenvalue weighted by Crippen LogP contribution is 2.36. The zero-order valence-electron chi connectivity index (χ0n) is 13.3. The van der Waals surface area contributed by atoms with E-state index in [4.69, 9.17) is 17.0 Å². The van der Waals surface area contributed by atoms with E-state index in [1.54, 1.807) is 0 Å². The summed E-state index contributed by atoms with van der Waals surface area (Å²) in [7, 11) is 0. The Hall–Kier alpha value is -1.26. The molecule has 0 spiro atoms. The minimum atomic E-state index is 0.0235. The second-order valence-corrected chi connectivity index (χ2v) is 7.37. The molecule has 1 aliphatic rings. The Morgan fingerprint density at radius 2 is 1.62 bits per heavy atom. The van der Waals surface area contributed by atoms with Crippen LogP contribution in [0.2, 0.25) is 5.02 Å². The fourth-order valence-corrected chi connectivity index (χ4v) is 3.24. The zero-order chi connectivity index (χ0) is 15.7. The Labute approximate surface area is 132 Å². The summed E-state index contributed by atoms with van der Waals surface area (Å²) in [5.41, 5.74) is 4.13. The van der Waals surface area contributed by atoms with E-state index in [0.717, 1.165) is 18.5 Å². The highest BCUT2D eigenvalue weighted by atomic mass is 35.5. The molecule has 0 amide bonds. The molecule has 0 atom stereocenters. The van der Waals surface area contributed by atoms with Crippen molar-refractivity contribution in [3.05, 3.63) is 29.3 Å². The molecule has 2 rings (SSSR count). The van der Waals surface area contributed by atoms with Crippen LogP contribution in [0.4, 0.5) is 5.69 Å². The number of nitrogens with one attached hydrogen (secondary N) is 3. The molecule has 0 saturated carbocycles. The van der Waals surface area contributed by atoms with E-state index >= 15 is 0 Å². The molecule has 0 bridgehead atoms. The second-order valence-electron chi connectivity index (χ2n) is 6.93. The molecular weight excluding hydrogens is 284 g/mol. The first kappa shape index (κ1) is 16.1. The predicted octanol–water partition coefficient (Wildman–Crippen LogP) is 4.23. The highest BCUT2D eigenvalue weighted by Gasteiger charge is 2.41. The lowest BCUT2D eigenvalue weighted by molar-refractivity contribution is -0.0511. The van der Waals surface area contributed by atoms with E-state index in [2.05, 4.69) is 43.4 Å². The van der Waals surface area contributed by atoms with Gasteiger partial charge in [-0.05, 0) is 71.2 Å². The third kappa shape index (κ3) is 3.89. The minimum absolute atomic E-state index is 0.0235. The van der Waals surface area contributed by atoms with Gasteiger partial charge in [0, 0.05) is 21.8 Å². The van der Waals surface area contributed by atoms with E-state index in [1.165, 1.54) is 6.42 Å². The van der Waals surface area contributed by atoms with Gasteiger partial charge in [0.15, 0.2) is 0 Å². The summed E-state index contributed by atoms with van der Waals surface area (Å²) in [4.78, 5) is 0. The normalized spacial score (nSPS) is 20.8. The van der Waals surface area contributed by atoms with Crippen LogP contribution < -0.4 is 10.7 Å². The number of nitrogens with zero attached hydrogens (tertiary/aromatic N) is 1. The Morgan fingerprint density at radius 1 is 1.10 bits per heavy atom. The van der Waals surface area contributed by atoms with Crippen molar-refractivity contribution in [2.24, 2.45) is 0 Å². The molecule has 4 nitrogen and oxygen atoms in total. The number of rotatable bonds is 2. The zero-order valence-corrected chi connectivity index (χ0v) is 14.0. The molecule has 21 heavy (non-hydrogen) atoms. The van der Waals surface area contributed by atoms with Gasteiger partial charge in [-0.15, -0.1) is 0 Å². The molecule has 1 aromatic carbocycles. The molecule has 1 heterocycles. The van der Waals surface area contributed by atoms with Crippen molar-refractivity contribution < 1.29 is 0 Å². The van der Waals surface area contributed by atoms with Crippen molar-refractivity contribution in [3.63, 3.8) is 0 Å². The van der Waals surface area contributed by atoms with E-state index in [0.29, 0.717) is 5.02 Å². The maximum absolute atomic E-state index is 8.17. The average molecular weight is 309 g/mol. The fraction of sp³-hybridized carbons (Fsp3) is 0.562. The third-order valence-corrected chi connectivity index (χ3v) is 4.38. The number of halogens is 1. The van der Waals surface area contributed by atoms with Gasteiger partial charge >= 0.3 is 0 Å². The first-order chi connectivity index (χ1) is 9.71. The molecule has 3 N–H and O–H groups in total. The van der Waals surface area contributed by atoms with E-state index in [1.807, 2.05) is 24.3 Å². The molecular formula is C16H25ClN4. The molecule has 1 fully saturated rings. The van der Waals surface area contributed by atoms with E-state index in [9.17, 15) is 0 Å². The van der Waals surface area contributed by atoms with Crippen molar-refractivity contribution in [3.8, 4) is 0 Å². The van der Waals surface area contributed by atoms with Crippen LogP contribution in [-0.4, -0.2) is 22.0 Å². The summed E-state index contributed by atoms with van der Waals surface area (Å²) in [6, 6.07) is 7.36. The Bertz CT molecular complexity index is 492. The fourth-order valence-electron chi connectivity index (χ4n) is 3.12. The Morgan fingerprint density at radius 3 is 2.14 bits per heavy atom. The van der Waals surface area contributed by atoms with Crippen LogP contribution in [0.5, 0.6) is 0 Å². The molecule has 5 heteroatoms. The van der Waals surface area contributed by atoms with Gasteiger partial charge in [0.1, 0.15) is 0 Å². The van der Waals surface area contributed by atoms with E-state index in [-0.39, 0.29) is 17.0 Å². The maximum Gasteiger partial charge on any atom is 0.207 e. The minimum Gasteiger partial charge on any atom is -0.325 e. The van der Waals surface area contributed by atoms with Gasteiger partial charge in [-0.25, -0.2) is 5.01 Å². The number of benzene rings is 1.